The van der Waals surface area contributed by atoms with E-state index in [1.165, 1.54) is 26.4 Å². The molecule has 0 atom stereocenters. The van der Waals surface area contributed by atoms with Crippen molar-refractivity contribution in [2.45, 2.75) is 46.0 Å². The Bertz CT molecular complexity index is 1420. The lowest BCUT2D eigenvalue weighted by molar-refractivity contribution is -0.134. The Morgan fingerprint density at radius 2 is 1.72 bits per heavy atom. The molecule has 0 unspecified atom stereocenters. The smallest absolute Gasteiger partial charge is 0.311 e. The third-order valence-electron chi connectivity index (χ3n) is 6.68. The van der Waals surface area contributed by atoms with Crippen LogP contribution in [0.1, 0.15) is 61.9 Å². The number of carbonyl (C=O) groups is 2. The van der Waals surface area contributed by atoms with E-state index in [9.17, 15) is 14.0 Å². The second-order valence-electron chi connectivity index (χ2n) is 9.37. The van der Waals surface area contributed by atoms with Gasteiger partial charge in [0.15, 0.2) is 11.5 Å². The number of halogens is 1. The van der Waals surface area contributed by atoms with E-state index in [2.05, 4.69) is 4.98 Å². The van der Waals surface area contributed by atoms with Crippen LogP contribution in [0.15, 0.2) is 60.3 Å². The predicted octanol–water partition coefficient (Wildman–Crippen LogP) is 6.86. The summed E-state index contributed by atoms with van der Waals surface area (Å²) in [5, 5.41) is 0. The number of pyridine rings is 1. The average molecular weight is 530 g/mol. The minimum Gasteiger partial charge on any atom is -0.493 e. The van der Waals surface area contributed by atoms with Crippen molar-refractivity contribution in [3.05, 3.63) is 88.5 Å². The summed E-state index contributed by atoms with van der Waals surface area (Å²) in [7, 11) is 3.00. The van der Waals surface area contributed by atoms with Crippen molar-refractivity contribution < 1.29 is 28.2 Å². The zero-order chi connectivity index (χ0) is 27.9. The number of hydrogen-bond acceptors (Lipinski definition) is 6. The molecule has 0 N–H and O–H groups in total. The van der Waals surface area contributed by atoms with Crippen LogP contribution < -0.4 is 14.2 Å². The van der Waals surface area contributed by atoms with Crippen LogP contribution in [0.2, 0.25) is 0 Å². The summed E-state index contributed by atoms with van der Waals surface area (Å²) < 4.78 is 30.9. The fourth-order valence-electron chi connectivity index (χ4n) is 4.75. The van der Waals surface area contributed by atoms with Crippen LogP contribution >= 0.6 is 0 Å². The lowest BCUT2D eigenvalue weighted by Gasteiger charge is -2.14. The zero-order valence-electron chi connectivity index (χ0n) is 22.7. The second-order valence-corrected chi connectivity index (χ2v) is 9.37. The lowest BCUT2D eigenvalue weighted by atomic mass is 9.98. The molecular weight excluding hydrogens is 497 g/mol. The van der Waals surface area contributed by atoms with Gasteiger partial charge in [-0.1, -0.05) is 19.1 Å². The summed E-state index contributed by atoms with van der Waals surface area (Å²) in [5.74, 6) is 0.338. The number of esters is 1. The number of Topliss-reactive ketones (excluding diaryl/α,β-unsaturated/α-hetero) is 1. The Kier molecular flexibility index (Phi) is 8.92. The monoisotopic (exact) mass is 529 g/mol. The van der Waals surface area contributed by atoms with Gasteiger partial charge in [-0.05, 0) is 95.6 Å². The van der Waals surface area contributed by atoms with Crippen LogP contribution in [0.4, 0.5) is 4.39 Å². The Morgan fingerprint density at radius 3 is 2.36 bits per heavy atom. The number of fused-ring (bicyclic) bond motifs is 1. The van der Waals surface area contributed by atoms with Crippen molar-refractivity contribution in [2.24, 2.45) is 0 Å². The molecule has 1 aromatic heterocycles. The SMILES string of the molecule is CCCC(=O)Oc1c(OC)cc(/C=C2/C(C)=C(CCC(=O)Cc3ccccn3)c3cc(F)ccc32)cc1OC. The highest BCUT2D eigenvalue weighted by Gasteiger charge is 2.25. The van der Waals surface area contributed by atoms with Crippen molar-refractivity contribution in [1.82, 2.24) is 4.98 Å². The Morgan fingerprint density at radius 1 is 0.974 bits per heavy atom. The average Bonchev–Trinajstić information content (AvgIpc) is 3.18. The lowest BCUT2D eigenvalue weighted by Crippen LogP contribution is -2.09. The molecular formula is C32H32FNO5. The molecule has 0 bridgehead atoms. The number of rotatable bonds is 11. The van der Waals surface area contributed by atoms with Crippen LogP contribution in [0, 0.1) is 5.82 Å². The van der Waals surface area contributed by atoms with Crippen LogP contribution in [0.3, 0.4) is 0 Å². The number of methoxy groups -OCH3 is 2. The van der Waals surface area contributed by atoms with E-state index in [0.29, 0.717) is 30.8 Å². The number of nitrogens with zero attached hydrogens (tertiary/aromatic N) is 1. The van der Waals surface area contributed by atoms with Gasteiger partial charge in [-0.3, -0.25) is 14.6 Å². The van der Waals surface area contributed by atoms with Crippen molar-refractivity contribution in [3.8, 4) is 17.2 Å². The van der Waals surface area contributed by atoms with E-state index >= 15 is 0 Å². The van der Waals surface area contributed by atoms with Gasteiger partial charge in [-0.25, -0.2) is 4.39 Å². The molecule has 0 saturated heterocycles. The van der Waals surface area contributed by atoms with E-state index < -0.39 is 0 Å². The quantitative estimate of drug-likeness (QED) is 0.199. The normalized spacial score (nSPS) is 13.4. The first-order valence-electron chi connectivity index (χ1n) is 12.9. The minimum absolute atomic E-state index is 0.0760. The molecule has 2 aromatic carbocycles. The van der Waals surface area contributed by atoms with Crippen LogP contribution in [-0.2, 0) is 16.0 Å². The van der Waals surface area contributed by atoms with E-state index in [0.717, 1.165) is 39.1 Å². The Hall–Kier alpha value is -4.26. The van der Waals surface area contributed by atoms with Crippen LogP contribution in [0.25, 0.3) is 17.2 Å². The maximum atomic E-state index is 14.3. The number of aromatic nitrogens is 1. The molecule has 0 aliphatic heterocycles. The number of hydrogen-bond donors (Lipinski definition) is 0. The molecule has 0 saturated carbocycles. The van der Waals surface area contributed by atoms with Gasteiger partial charge >= 0.3 is 5.97 Å². The van der Waals surface area contributed by atoms with Gasteiger partial charge in [0, 0.05) is 31.2 Å². The molecule has 0 amide bonds. The van der Waals surface area contributed by atoms with Gasteiger partial charge < -0.3 is 14.2 Å². The number of ether oxygens (including phenoxy) is 3. The van der Waals surface area contributed by atoms with Gasteiger partial charge in [0.2, 0.25) is 5.75 Å². The summed E-state index contributed by atoms with van der Waals surface area (Å²) in [5.41, 5.74) is 5.99. The fourth-order valence-corrected chi connectivity index (χ4v) is 4.75. The number of benzene rings is 2. The minimum atomic E-state index is -0.368. The number of carbonyl (C=O) groups excluding carboxylic acids is 2. The number of allylic oxidation sites excluding steroid dienone is 3. The largest absolute Gasteiger partial charge is 0.493 e. The fraction of sp³-hybridized carbons (Fsp3) is 0.281. The molecule has 4 rings (SSSR count). The second kappa shape index (κ2) is 12.5. The molecule has 0 spiro atoms. The van der Waals surface area contributed by atoms with E-state index in [1.54, 1.807) is 24.4 Å². The van der Waals surface area contributed by atoms with Crippen LogP contribution in [-0.4, -0.2) is 31.0 Å². The third-order valence-corrected chi connectivity index (χ3v) is 6.68. The maximum Gasteiger partial charge on any atom is 0.311 e. The molecule has 1 heterocycles. The van der Waals surface area contributed by atoms with Crippen molar-refractivity contribution >= 4 is 29.0 Å². The molecule has 3 aromatic rings. The molecule has 6 nitrogen and oxygen atoms in total. The molecule has 1 aliphatic carbocycles. The Balaban J connectivity index is 1.67. The molecule has 0 radical (unpaired) electrons. The van der Waals surface area contributed by atoms with Crippen molar-refractivity contribution in [1.29, 1.82) is 0 Å². The van der Waals surface area contributed by atoms with E-state index in [4.69, 9.17) is 14.2 Å². The van der Waals surface area contributed by atoms with E-state index in [1.807, 2.05) is 38.1 Å². The van der Waals surface area contributed by atoms with Gasteiger partial charge in [0.1, 0.15) is 11.6 Å². The molecule has 39 heavy (non-hydrogen) atoms. The van der Waals surface area contributed by atoms with Gasteiger partial charge in [-0.15, -0.1) is 0 Å². The first-order chi connectivity index (χ1) is 18.8. The topological polar surface area (TPSA) is 74.7 Å². The molecule has 1 aliphatic rings. The van der Waals surface area contributed by atoms with Crippen molar-refractivity contribution in [3.63, 3.8) is 0 Å². The summed E-state index contributed by atoms with van der Waals surface area (Å²) in [6.07, 6.45) is 5.67. The third kappa shape index (κ3) is 6.42. The molecule has 7 heteroatoms. The predicted molar refractivity (Wildman–Crippen MR) is 149 cm³/mol. The highest BCUT2D eigenvalue weighted by atomic mass is 19.1. The summed E-state index contributed by atoms with van der Waals surface area (Å²) in [4.78, 5) is 29.1. The van der Waals surface area contributed by atoms with Crippen LogP contribution in [0.5, 0.6) is 17.2 Å². The highest BCUT2D eigenvalue weighted by Crippen LogP contribution is 2.46. The summed E-state index contributed by atoms with van der Waals surface area (Å²) in [6, 6.07) is 13.8. The summed E-state index contributed by atoms with van der Waals surface area (Å²) in [6.45, 7) is 3.88. The standard InChI is InChI=1S/C32H32FNO5/c1-5-8-31(36)39-32-29(37-3)16-21(17-30(32)38-4)15-27-20(2)25(28-18-22(33)10-12-26(27)28)13-11-24(35)19-23-9-6-7-14-34-23/h6-7,9-10,12,14-18H,5,8,11,13,19H2,1-4H3/b27-15-. The molecule has 202 valence electrons. The van der Waals surface area contributed by atoms with Gasteiger partial charge in [0.05, 0.1) is 14.2 Å². The Labute approximate surface area is 228 Å². The first-order valence-corrected chi connectivity index (χ1v) is 12.9. The summed E-state index contributed by atoms with van der Waals surface area (Å²) >= 11 is 0. The zero-order valence-corrected chi connectivity index (χ0v) is 22.7. The van der Waals surface area contributed by atoms with Crippen molar-refractivity contribution in [2.75, 3.05) is 14.2 Å². The first kappa shape index (κ1) is 27.8. The highest BCUT2D eigenvalue weighted by molar-refractivity contribution is 6.05. The molecule has 0 fully saturated rings. The van der Waals surface area contributed by atoms with Gasteiger partial charge in [-0.2, -0.15) is 0 Å². The number of ketones is 1. The van der Waals surface area contributed by atoms with Gasteiger partial charge in [0.25, 0.3) is 0 Å². The maximum absolute atomic E-state index is 14.3. The van der Waals surface area contributed by atoms with E-state index in [-0.39, 0.29) is 36.2 Å².